The van der Waals surface area contributed by atoms with Gasteiger partial charge in [-0.3, -0.25) is 4.79 Å². The van der Waals surface area contributed by atoms with Gasteiger partial charge in [0.05, 0.1) is 6.54 Å². The van der Waals surface area contributed by atoms with Crippen LogP contribution in [0, 0.1) is 6.92 Å². The molecule has 1 atom stereocenters. The largest absolute Gasteiger partial charge is 0.361 e. The van der Waals surface area contributed by atoms with Crippen molar-refractivity contribution in [2.45, 2.75) is 37.2 Å². The molecule has 1 amide bonds. The van der Waals surface area contributed by atoms with Gasteiger partial charge in [0.15, 0.2) is 5.84 Å². The molecule has 1 fully saturated rings. The second-order valence-electron chi connectivity index (χ2n) is 6.86. The Hall–Kier alpha value is -2.68. The predicted octanol–water partition coefficient (Wildman–Crippen LogP) is 1.55. The van der Waals surface area contributed by atoms with Crippen molar-refractivity contribution in [1.82, 2.24) is 15.0 Å². The van der Waals surface area contributed by atoms with E-state index in [0.717, 1.165) is 6.42 Å². The molecule has 0 saturated carbocycles. The molecule has 1 aromatic heterocycles. The molecule has 0 aliphatic carbocycles. The fraction of sp³-hybridized carbons (Fsp3) is 0.389. The zero-order chi connectivity index (χ0) is 19.2. The Morgan fingerprint density at radius 3 is 2.89 bits per heavy atom. The highest BCUT2D eigenvalue weighted by atomic mass is 32.2. The topological polar surface area (TPSA) is 96.1 Å². The summed E-state index contributed by atoms with van der Waals surface area (Å²) in [6, 6.07) is 8.09. The van der Waals surface area contributed by atoms with Crippen LogP contribution in [0.2, 0.25) is 0 Å². The minimum absolute atomic E-state index is 0.0855. The molecule has 2 aliphatic rings. The van der Waals surface area contributed by atoms with E-state index in [4.69, 9.17) is 4.52 Å². The molecular weight excluding hydrogens is 368 g/mol. The van der Waals surface area contributed by atoms with Gasteiger partial charge in [-0.25, -0.2) is 0 Å². The molecule has 142 valence electrons. The quantitative estimate of drug-likeness (QED) is 0.792. The highest BCUT2D eigenvalue weighted by molar-refractivity contribution is 7.90. The lowest BCUT2D eigenvalue weighted by molar-refractivity contribution is -0.134. The number of likely N-dealkylation sites (tertiary alicyclic amines) is 1. The van der Waals surface area contributed by atoms with Crippen molar-refractivity contribution in [3.8, 4) is 0 Å². The normalized spacial score (nSPS) is 20.4. The average molecular weight is 388 g/mol. The minimum Gasteiger partial charge on any atom is -0.361 e. The van der Waals surface area contributed by atoms with Crippen LogP contribution in [0.3, 0.4) is 0 Å². The van der Waals surface area contributed by atoms with Crippen molar-refractivity contribution in [2.75, 3.05) is 13.6 Å². The van der Waals surface area contributed by atoms with Crippen molar-refractivity contribution in [2.24, 2.45) is 4.40 Å². The molecule has 1 aromatic carbocycles. The van der Waals surface area contributed by atoms with Gasteiger partial charge in [-0.1, -0.05) is 17.3 Å². The molecule has 0 N–H and O–H groups in total. The van der Waals surface area contributed by atoms with E-state index in [2.05, 4.69) is 9.55 Å². The molecular formula is C18H20N4O4S. The molecule has 1 saturated heterocycles. The Labute approximate surface area is 157 Å². The smallest absolute Gasteiger partial charge is 0.285 e. The van der Waals surface area contributed by atoms with Crippen molar-refractivity contribution < 1.29 is 17.7 Å². The molecule has 9 heteroatoms. The van der Waals surface area contributed by atoms with E-state index in [0.29, 0.717) is 42.4 Å². The fourth-order valence-corrected chi connectivity index (χ4v) is 4.86. The molecule has 8 nitrogen and oxygen atoms in total. The summed E-state index contributed by atoms with van der Waals surface area (Å²) in [6.07, 6.45) is 1.46. The molecule has 27 heavy (non-hydrogen) atoms. The van der Waals surface area contributed by atoms with Crippen LogP contribution in [0.25, 0.3) is 0 Å². The number of sulfonamides is 1. The summed E-state index contributed by atoms with van der Waals surface area (Å²) in [5, 5.41) is 3.92. The first-order chi connectivity index (χ1) is 12.9. The first-order valence-electron chi connectivity index (χ1n) is 8.75. The van der Waals surface area contributed by atoms with E-state index < -0.39 is 16.1 Å². The third-order valence-electron chi connectivity index (χ3n) is 4.87. The Bertz CT molecular complexity index is 1030. The van der Waals surface area contributed by atoms with E-state index in [1.165, 1.54) is 0 Å². The Balaban J connectivity index is 1.59. The summed E-state index contributed by atoms with van der Waals surface area (Å²) in [7, 11) is -2.00. The standard InChI is InChI=1S/C18H20N4O4S/c1-12-10-13(19-26-12)11-21(2)18(23)15-7-5-9-22(15)17-14-6-3-4-8-16(14)27(24,25)20-17/h3-4,6,8,10,15H,5,7,9,11H2,1-2H3/t15-/m0/s1. The Morgan fingerprint density at radius 2 is 2.15 bits per heavy atom. The van der Waals surface area contributed by atoms with E-state index in [1.54, 1.807) is 49.2 Å². The van der Waals surface area contributed by atoms with Gasteiger partial charge >= 0.3 is 0 Å². The fourth-order valence-electron chi connectivity index (χ4n) is 3.64. The number of fused-ring (bicyclic) bond motifs is 1. The SMILES string of the molecule is Cc1cc(CN(C)C(=O)[C@@H]2CCCN2C2=NS(=O)(=O)c3ccccc32)no1. The lowest BCUT2D eigenvalue weighted by atomic mass is 10.1. The van der Waals surface area contributed by atoms with Crippen LogP contribution in [0.15, 0.2) is 44.1 Å². The number of amides is 1. The highest BCUT2D eigenvalue weighted by Crippen LogP contribution is 2.31. The molecule has 4 rings (SSSR count). The van der Waals surface area contributed by atoms with Crippen LogP contribution in [-0.2, 0) is 21.4 Å². The van der Waals surface area contributed by atoms with E-state index in [9.17, 15) is 13.2 Å². The lowest BCUT2D eigenvalue weighted by Gasteiger charge is -2.29. The summed E-state index contributed by atoms with van der Waals surface area (Å²) in [4.78, 5) is 16.6. The van der Waals surface area contributed by atoms with Crippen LogP contribution < -0.4 is 0 Å². The van der Waals surface area contributed by atoms with Gasteiger partial charge in [0.1, 0.15) is 22.4 Å². The van der Waals surface area contributed by atoms with E-state index in [-0.39, 0.29) is 10.8 Å². The Morgan fingerprint density at radius 1 is 1.37 bits per heavy atom. The summed E-state index contributed by atoms with van der Waals surface area (Å²) < 4.78 is 33.7. The number of hydrogen-bond acceptors (Lipinski definition) is 6. The number of hydrogen-bond donors (Lipinski definition) is 0. The van der Waals surface area contributed by atoms with Gasteiger partial charge in [0, 0.05) is 25.2 Å². The number of carbonyl (C=O) groups is 1. The predicted molar refractivity (Wildman–Crippen MR) is 97.6 cm³/mol. The minimum atomic E-state index is -3.71. The molecule has 2 aliphatic heterocycles. The molecule has 0 bridgehead atoms. The molecule has 0 unspecified atom stereocenters. The van der Waals surface area contributed by atoms with Crippen LogP contribution in [-0.4, -0.2) is 54.8 Å². The van der Waals surface area contributed by atoms with Crippen molar-refractivity contribution >= 4 is 21.8 Å². The van der Waals surface area contributed by atoms with Crippen LogP contribution in [0.4, 0.5) is 0 Å². The number of nitrogens with zero attached hydrogens (tertiary/aromatic N) is 4. The zero-order valence-corrected chi connectivity index (χ0v) is 15.9. The number of rotatable bonds is 3. The molecule has 0 spiro atoms. The third kappa shape index (κ3) is 3.12. The number of aryl methyl sites for hydroxylation is 1. The highest BCUT2D eigenvalue weighted by Gasteiger charge is 2.40. The number of likely N-dealkylation sites (N-methyl/N-ethyl adjacent to an activating group) is 1. The number of amidine groups is 1. The van der Waals surface area contributed by atoms with Crippen molar-refractivity contribution in [1.29, 1.82) is 0 Å². The average Bonchev–Trinajstić information content (AvgIpc) is 3.33. The first-order valence-corrected chi connectivity index (χ1v) is 10.2. The summed E-state index contributed by atoms with van der Waals surface area (Å²) in [5.74, 6) is 0.972. The van der Waals surface area contributed by atoms with Crippen molar-refractivity contribution in [3.05, 3.63) is 47.3 Å². The monoisotopic (exact) mass is 388 g/mol. The Kier molecular flexibility index (Phi) is 4.26. The van der Waals surface area contributed by atoms with Crippen molar-refractivity contribution in [3.63, 3.8) is 0 Å². The third-order valence-corrected chi connectivity index (χ3v) is 6.20. The van der Waals surface area contributed by atoms with Crippen LogP contribution in [0.1, 0.15) is 29.9 Å². The number of benzene rings is 1. The van der Waals surface area contributed by atoms with Gasteiger partial charge in [0.2, 0.25) is 5.91 Å². The molecule has 0 radical (unpaired) electrons. The van der Waals surface area contributed by atoms with E-state index >= 15 is 0 Å². The summed E-state index contributed by atoms with van der Waals surface area (Å²) >= 11 is 0. The van der Waals surface area contributed by atoms with Gasteiger partial charge in [-0.2, -0.15) is 8.42 Å². The van der Waals surface area contributed by atoms with Gasteiger partial charge in [-0.05, 0) is 31.9 Å². The molecule has 2 aromatic rings. The maximum atomic E-state index is 13.0. The second kappa shape index (κ2) is 6.49. The second-order valence-corrected chi connectivity index (χ2v) is 8.43. The maximum Gasteiger partial charge on any atom is 0.285 e. The first kappa shape index (κ1) is 17.7. The van der Waals surface area contributed by atoms with Gasteiger partial charge in [-0.15, -0.1) is 4.40 Å². The van der Waals surface area contributed by atoms with Crippen LogP contribution >= 0.6 is 0 Å². The van der Waals surface area contributed by atoms with E-state index in [1.807, 2.05) is 4.90 Å². The van der Waals surface area contributed by atoms with Crippen LogP contribution in [0.5, 0.6) is 0 Å². The molecule has 3 heterocycles. The maximum absolute atomic E-state index is 13.0. The number of carbonyl (C=O) groups excluding carboxylic acids is 1. The lowest BCUT2D eigenvalue weighted by Crippen LogP contribution is -2.46. The van der Waals surface area contributed by atoms with Gasteiger partial charge < -0.3 is 14.3 Å². The summed E-state index contributed by atoms with van der Waals surface area (Å²) in [6.45, 7) is 2.73. The number of aromatic nitrogens is 1. The zero-order valence-electron chi connectivity index (χ0n) is 15.1. The summed E-state index contributed by atoms with van der Waals surface area (Å²) in [5.41, 5.74) is 1.24. The van der Waals surface area contributed by atoms with Gasteiger partial charge in [0.25, 0.3) is 10.0 Å².